The van der Waals surface area contributed by atoms with Crippen LogP contribution in [0.4, 0.5) is 0 Å². The minimum atomic E-state index is 0.0867. The van der Waals surface area contributed by atoms with Crippen molar-refractivity contribution in [3.63, 3.8) is 0 Å². The summed E-state index contributed by atoms with van der Waals surface area (Å²) in [6.07, 6.45) is 4.74. The Balaban J connectivity index is 1.26. The summed E-state index contributed by atoms with van der Waals surface area (Å²) in [6.45, 7) is 4.39. The number of aromatic nitrogens is 4. The molecule has 0 bridgehead atoms. The summed E-state index contributed by atoms with van der Waals surface area (Å²) in [5.74, 6) is 1.14. The SMILES string of the molecule is O=C(Cc1nc2ncccn2n1)N1CCN(CCc2ccccc2)CC1. The molecule has 3 aromatic rings. The molecule has 0 atom stereocenters. The van der Waals surface area contributed by atoms with E-state index in [0.717, 1.165) is 39.1 Å². The van der Waals surface area contributed by atoms with E-state index in [4.69, 9.17) is 0 Å². The van der Waals surface area contributed by atoms with Crippen LogP contribution >= 0.6 is 0 Å². The van der Waals surface area contributed by atoms with Crippen molar-refractivity contribution >= 4 is 11.7 Å². The van der Waals surface area contributed by atoms with Gasteiger partial charge in [0.1, 0.15) is 0 Å². The van der Waals surface area contributed by atoms with Crippen molar-refractivity contribution in [2.24, 2.45) is 0 Å². The number of hydrogen-bond donors (Lipinski definition) is 0. The lowest BCUT2D eigenvalue weighted by Gasteiger charge is -2.34. The van der Waals surface area contributed by atoms with E-state index in [2.05, 4.69) is 44.2 Å². The fourth-order valence-electron chi connectivity index (χ4n) is 3.25. The zero-order valence-corrected chi connectivity index (χ0v) is 14.7. The monoisotopic (exact) mass is 350 g/mol. The highest BCUT2D eigenvalue weighted by molar-refractivity contribution is 5.78. The van der Waals surface area contributed by atoms with Gasteiger partial charge in [-0.2, -0.15) is 4.98 Å². The fraction of sp³-hybridized carbons (Fsp3) is 0.368. The third-order valence-corrected chi connectivity index (χ3v) is 4.75. The van der Waals surface area contributed by atoms with Gasteiger partial charge in [0, 0.05) is 45.1 Å². The highest BCUT2D eigenvalue weighted by Crippen LogP contribution is 2.08. The lowest BCUT2D eigenvalue weighted by Crippen LogP contribution is -2.49. The second-order valence-corrected chi connectivity index (χ2v) is 6.53. The Hall–Kier alpha value is -2.80. The quantitative estimate of drug-likeness (QED) is 0.688. The number of rotatable bonds is 5. The summed E-state index contributed by atoms with van der Waals surface area (Å²) in [7, 11) is 0. The summed E-state index contributed by atoms with van der Waals surface area (Å²) in [6, 6.07) is 12.3. The molecule has 0 saturated carbocycles. The molecule has 0 radical (unpaired) electrons. The maximum atomic E-state index is 12.5. The van der Waals surface area contributed by atoms with Crippen molar-refractivity contribution in [2.75, 3.05) is 32.7 Å². The Morgan fingerprint density at radius 1 is 1.04 bits per heavy atom. The van der Waals surface area contributed by atoms with Crippen molar-refractivity contribution in [2.45, 2.75) is 12.8 Å². The number of carbonyl (C=O) groups is 1. The van der Waals surface area contributed by atoms with E-state index >= 15 is 0 Å². The molecule has 0 unspecified atom stereocenters. The van der Waals surface area contributed by atoms with Crippen LogP contribution in [0.1, 0.15) is 11.4 Å². The fourth-order valence-corrected chi connectivity index (χ4v) is 3.25. The lowest BCUT2D eigenvalue weighted by molar-refractivity contribution is -0.132. The van der Waals surface area contributed by atoms with E-state index in [-0.39, 0.29) is 12.3 Å². The molecule has 1 amide bonds. The Morgan fingerprint density at radius 2 is 1.85 bits per heavy atom. The third-order valence-electron chi connectivity index (χ3n) is 4.75. The van der Waals surface area contributed by atoms with Crippen LogP contribution in [-0.4, -0.2) is 68.0 Å². The Kier molecular flexibility index (Phi) is 4.88. The van der Waals surface area contributed by atoms with Crippen LogP contribution in [0.3, 0.4) is 0 Å². The van der Waals surface area contributed by atoms with Gasteiger partial charge in [-0.15, -0.1) is 5.10 Å². The van der Waals surface area contributed by atoms with Gasteiger partial charge in [-0.3, -0.25) is 9.69 Å². The van der Waals surface area contributed by atoms with Crippen molar-refractivity contribution in [1.29, 1.82) is 0 Å². The standard InChI is InChI=1S/C19H22N6O/c26-18(15-17-21-19-20-8-4-9-25(19)22-17)24-13-11-23(12-14-24)10-7-16-5-2-1-3-6-16/h1-6,8-9H,7,10-15H2. The van der Waals surface area contributed by atoms with E-state index in [0.29, 0.717) is 11.6 Å². The van der Waals surface area contributed by atoms with E-state index in [1.807, 2.05) is 11.0 Å². The summed E-state index contributed by atoms with van der Waals surface area (Å²) < 4.78 is 1.60. The summed E-state index contributed by atoms with van der Waals surface area (Å²) in [4.78, 5) is 25.3. The van der Waals surface area contributed by atoms with Gasteiger partial charge >= 0.3 is 0 Å². The van der Waals surface area contributed by atoms with Gasteiger partial charge in [0.2, 0.25) is 5.91 Å². The molecule has 4 rings (SSSR count). The first-order valence-electron chi connectivity index (χ1n) is 8.98. The van der Waals surface area contributed by atoms with E-state index in [9.17, 15) is 4.79 Å². The summed E-state index contributed by atoms with van der Waals surface area (Å²) in [5.41, 5.74) is 1.36. The van der Waals surface area contributed by atoms with Gasteiger partial charge in [0.25, 0.3) is 5.78 Å². The number of piperazine rings is 1. The van der Waals surface area contributed by atoms with Crippen LogP contribution < -0.4 is 0 Å². The molecule has 0 aliphatic carbocycles. The average Bonchev–Trinajstić information content (AvgIpc) is 3.10. The smallest absolute Gasteiger partial charge is 0.252 e. The first-order chi connectivity index (χ1) is 12.8. The Bertz CT molecular complexity index is 837. The van der Waals surface area contributed by atoms with Crippen molar-refractivity contribution in [3.05, 3.63) is 60.2 Å². The first kappa shape index (κ1) is 16.7. The second-order valence-electron chi connectivity index (χ2n) is 6.53. The maximum absolute atomic E-state index is 12.5. The van der Waals surface area contributed by atoms with Crippen LogP contribution in [0, 0.1) is 0 Å². The van der Waals surface area contributed by atoms with Gasteiger partial charge < -0.3 is 4.90 Å². The van der Waals surface area contributed by atoms with Crippen LogP contribution in [0.15, 0.2) is 48.8 Å². The Morgan fingerprint density at radius 3 is 2.62 bits per heavy atom. The molecule has 0 N–H and O–H groups in total. The summed E-state index contributed by atoms with van der Waals surface area (Å²) in [5, 5.41) is 4.31. The predicted molar refractivity (Wildman–Crippen MR) is 97.7 cm³/mol. The van der Waals surface area contributed by atoms with Crippen molar-refractivity contribution in [3.8, 4) is 0 Å². The molecule has 0 spiro atoms. The number of benzene rings is 1. The molecular formula is C19H22N6O. The highest BCUT2D eigenvalue weighted by Gasteiger charge is 2.22. The van der Waals surface area contributed by atoms with Crippen LogP contribution in [0.25, 0.3) is 5.78 Å². The number of fused-ring (bicyclic) bond motifs is 1. The average molecular weight is 350 g/mol. The molecule has 7 nitrogen and oxygen atoms in total. The normalized spacial score (nSPS) is 15.5. The topological polar surface area (TPSA) is 66.6 Å². The number of nitrogens with zero attached hydrogens (tertiary/aromatic N) is 6. The molecular weight excluding hydrogens is 328 g/mol. The number of hydrogen-bond acceptors (Lipinski definition) is 5. The molecule has 1 fully saturated rings. The predicted octanol–water partition coefficient (Wildman–Crippen LogP) is 1.05. The number of amides is 1. The Labute approximate surface area is 152 Å². The lowest BCUT2D eigenvalue weighted by atomic mass is 10.1. The molecule has 26 heavy (non-hydrogen) atoms. The third kappa shape index (κ3) is 3.88. The molecule has 2 aromatic heterocycles. The van der Waals surface area contributed by atoms with Gasteiger partial charge in [0.15, 0.2) is 5.82 Å². The highest BCUT2D eigenvalue weighted by atomic mass is 16.2. The van der Waals surface area contributed by atoms with E-state index < -0.39 is 0 Å². The van der Waals surface area contributed by atoms with Crippen molar-refractivity contribution < 1.29 is 4.79 Å². The molecule has 7 heteroatoms. The van der Waals surface area contributed by atoms with E-state index in [1.165, 1.54) is 5.56 Å². The molecule has 1 saturated heterocycles. The molecule has 1 aliphatic rings. The van der Waals surface area contributed by atoms with Gasteiger partial charge in [0.05, 0.1) is 6.42 Å². The van der Waals surface area contributed by atoms with Crippen LogP contribution in [-0.2, 0) is 17.6 Å². The largest absolute Gasteiger partial charge is 0.340 e. The minimum absolute atomic E-state index is 0.0867. The maximum Gasteiger partial charge on any atom is 0.252 e. The zero-order valence-electron chi connectivity index (χ0n) is 14.7. The van der Waals surface area contributed by atoms with Gasteiger partial charge in [-0.1, -0.05) is 30.3 Å². The van der Waals surface area contributed by atoms with Crippen molar-refractivity contribution in [1.82, 2.24) is 29.4 Å². The van der Waals surface area contributed by atoms with Crippen LogP contribution in [0.2, 0.25) is 0 Å². The molecule has 1 aromatic carbocycles. The minimum Gasteiger partial charge on any atom is -0.340 e. The van der Waals surface area contributed by atoms with Gasteiger partial charge in [-0.05, 0) is 18.1 Å². The molecule has 134 valence electrons. The van der Waals surface area contributed by atoms with Crippen LogP contribution in [0.5, 0.6) is 0 Å². The molecule has 3 heterocycles. The second kappa shape index (κ2) is 7.61. The summed E-state index contributed by atoms with van der Waals surface area (Å²) >= 11 is 0. The van der Waals surface area contributed by atoms with Gasteiger partial charge in [-0.25, -0.2) is 9.50 Å². The molecule has 1 aliphatic heterocycles. The van der Waals surface area contributed by atoms with E-state index in [1.54, 1.807) is 23.0 Å². The zero-order chi connectivity index (χ0) is 17.8. The first-order valence-corrected chi connectivity index (χ1v) is 8.98. The number of carbonyl (C=O) groups excluding carboxylic acids is 1.